The van der Waals surface area contributed by atoms with Crippen molar-refractivity contribution >= 4 is 13.7 Å². The fourth-order valence-corrected chi connectivity index (χ4v) is 6.26. The van der Waals surface area contributed by atoms with Gasteiger partial charge in [0.15, 0.2) is 24.3 Å². The van der Waals surface area contributed by atoms with Gasteiger partial charge in [0.2, 0.25) is 0 Å². The van der Waals surface area contributed by atoms with E-state index in [0.29, 0.717) is 19.6 Å². The fraction of sp³-hybridized carbons (Fsp3) is 0.593. The van der Waals surface area contributed by atoms with Gasteiger partial charge in [0, 0.05) is 18.7 Å². The highest BCUT2D eigenvalue weighted by atomic mass is 31.2. The quantitative estimate of drug-likeness (QED) is 0.183. The summed E-state index contributed by atoms with van der Waals surface area (Å²) < 4.78 is 65.2. The number of para-hydroxylation sites is 1. The second-order valence-corrected chi connectivity index (χ2v) is 12.0. The number of esters is 1. The minimum atomic E-state index is -4.20. The number of hydrogen-bond donors (Lipinski definition) is 2. The highest BCUT2D eigenvalue weighted by Crippen LogP contribution is 2.48. The summed E-state index contributed by atoms with van der Waals surface area (Å²) in [6.45, 7) is 4.94. The van der Waals surface area contributed by atoms with Crippen LogP contribution in [-0.4, -0.2) is 65.5 Å². The number of ether oxygens (including phenoxy) is 4. The molecule has 2 aromatic rings. The number of alkyl halides is 1. The average molecular weight is 614 g/mol. The Balaban J connectivity index is 1.58. The molecule has 2 fully saturated rings. The second-order valence-electron chi connectivity index (χ2n) is 10.3. The van der Waals surface area contributed by atoms with E-state index in [1.165, 1.54) is 0 Å². The van der Waals surface area contributed by atoms with Crippen molar-refractivity contribution in [3.05, 3.63) is 63.4 Å². The number of benzene rings is 1. The van der Waals surface area contributed by atoms with E-state index in [1.807, 2.05) is 6.92 Å². The summed E-state index contributed by atoms with van der Waals surface area (Å²) in [6, 6.07) is 8.67. The molecule has 2 aliphatic rings. The van der Waals surface area contributed by atoms with Crippen LogP contribution in [0.3, 0.4) is 0 Å². The molecule has 2 saturated heterocycles. The van der Waals surface area contributed by atoms with Crippen LogP contribution in [0.1, 0.15) is 52.7 Å². The Labute approximate surface area is 242 Å². The maximum atomic E-state index is 16.4. The van der Waals surface area contributed by atoms with Crippen LogP contribution in [0.25, 0.3) is 0 Å². The predicted octanol–water partition coefficient (Wildman–Crippen LogP) is 3.21. The van der Waals surface area contributed by atoms with Gasteiger partial charge in [0.1, 0.15) is 11.9 Å². The van der Waals surface area contributed by atoms with Gasteiger partial charge in [-0.25, -0.2) is 18.8 Å². The zero-order valence-electron chi connectivity index (χ0n) is 23.7. The van der Waals surface area contributed by atoms with Crippen molar-refractivity contribution in [2.75, 3.05) is 19.8 Å². The third kappa shape index (κ3) is 7.94. The van der Waals surface area contributed by atoms with Gasteiger partial charge < -0.3 is 23.5 Å². The van der Waals surface area contributed by atoms with Gasteiger partial charge in [-0.15, -0.1) is 0 Å². The lowest BCUT2D eigenvalue weighted by Crippen LogP contribution is -2.46. The molecule has 2 N–H and O–H groups in total. The van der Waals surface area contributed by atoms with Gasteiger partial charge in [0.05, 0.1) is 25.9 Å². The highest BCUT2D eigenvalue weighted by Gasteiger charge is 2.58. The van der Waals surface area contributed by atoms with E-state index in [-0.39, 0.29) is 12.2 Å². The first kappa shape index (κ1) is 32.1. The molecule has 4 rings (SSSR count). The smallest absolute Gasteiger partial charge is 0.456 e. The van der Waals surface area contributed by atoms with Crippen LogP contribution in [0.4, 0.5) is 4.39 Å². The highest BCUT2D eigenvalue weighted by molar-refractivity contribution is 7.52. The third-order valence-corrected chi connectivity index (χ3v) is 8.49. The number of unbranched alkanes of at least 4 members (excludes halogenated alkanes) is 2. The van der Waals surface area contributed by atoms with Gasteiger partial charge in [-0.2, -0.15) is 0 Å². The maximum Gasteiger partial charge on any atom is 0.459 e. The van der Waals surface area contributed by atoms with Crippen LogP contribution < -0.4 is 20.9 Å². The molecule has 0 radical (unpaired) electrons. The average Bonchev–Trinajstić information content (AvgIpc) is 3.56. The molecule has 3 heterocycles. The molecule has 6 atom stereocenters. The summed E-state index contributed by atoms with van der Waals surface area (Å²) >= 11 is 0. The number of halogens is 1. The van der Waals surface area contributed by atoms with Crippen LogP contribution >= 0.6 is 7.75 Å². The van der Waals surface area contributed by atoms with Gasteiger partial charge >= 0.3 is 19.4 Å². The molecule has 2 unspecified atom stereocenters. The molecule has 42 heavy (non-hydrogen) atoms. The third-order valence-electron chi connectivity index (χ3n) is 6.82. The lowest BCUT2D eigenvalue weighted by Gasteiger charge is -2.29. The molecule has 232 valence electrons. The Morgan fingerprint density at radius 2 is 1.93 bits per heavy atom. The number of nitrogens with one attached hydrogen (secondary N) is 2. The van der Waals surface area contributed by atoms with E-state index < -0.39 is 68.0 Å². The summed E-state index contributed by atoms with van der Waals surface area (Å²) in [5.74, 6) is -0.431. The first-order valence-corrected chi connectivity index (χ1v) is 15.4. The van der Waals surface area contributed by atoms with Crippen LogP contribution in [0.5, 0.6) is 5.75 Å². The van der Waals surface area contributed by atoms with Gasteiger partial charge in [-0.1, -0.05) is 38.0 Å². The molecular formula is C27H37FN3O10P. The minimum absolute atomic E-state index is 0.0489. The lowest BCUT2D eigenvalue weighted by atomic mass is 9.98. The maximum absolute atomic E-state index is 16.4. The van der Waals surface area contributed by atoms with Crippen molar-refractivity contribution in [2.45, 2.75) is 82.9 Å². The first-order valence-electron chi connectivity index (χ1n) is 13.9. The molecule has 0 amide bonds. The summed E-state index contributed by atoms with van der Waals surface area (Å²) in [7, 11) is -4.20. The fourth-order valence-electron chi connectivity index (χ4n) is 4.72. The summed E-state index contributed by atoms with van der Waals surface area (Å²) in [6.07, 6.45) is -1.87. The zero-order chi connectivity index (χ0) is 30.3. The van der Waals surface area contributed by atoms with Gasteiger partial charge in [-0.3, -0.25) is 23.7 Å². The van der Waals surface area contributed by atoms with Crippen molar-refractivity contribution in [2.24, 2.45) is 0 Å². The molecule has 0 spiro atoms. The van der Waals surface area contributed by atoms with Crippen molar-refractivity contribution in [3.8, 4) is 5.75 Å². The molecular weight excluding hydrogens is 576 g/mol. The van der Waals surface area contributed by atoms with Gasteiger partial charge in [-0.05, 0) is 32.4 Å². The molecule has 0 bridgehead atoms. The summed E-state index contributed by atoms with van der Waals surface area (Å²) in [4.78, 5) is 38.9. The van der Waals surface area contributed by atoms with E-state index in [4.69, 9.17) is 28.0 Å². The monoisotopic (exact) mass is 613 g/mol. The standard InChI is InChI=1S/C27H37FN3O10P/c1-4-5-7-12-22(33)40-23-20(39-25(27(23,3)28)31-14-13-21(32)29-26(31)34)17-38-42(35,41-19-10-8-6-9-11-19)30-18(2)24-36-15-16-37-24/h6,8-11,13-14,18,20,23-25H,4-5,7,12,15-17H2,1-3H3,(H,30,35)(H,29,32,34)/t18?,20-,23-,25-,27-,42?/m1/s1. The number of aromatic amines is 1. The normalized spacial score (nSPS) is 26.5. The SMILES string of the molecule is CCCCCC(=O)O[C@@H]1[C@@H](COP(=O)(NC(C)C2OCCO2)Oc2ccccc2)O[C@@H](n2ccc(=O)[nH]c2=O)[C@]1(C)F. The number of carbonyl (C=O) groups is 1. The number of hydrogen-bond acceptors (Lipinski definition) is 10. The number of H-pyrrole nitrogens is 1. The number of rotatable bonds is 14. The molecule has 1 aromatic heterocycles. The van der Waals surface area contributed by atoms with Crippen LogP contribution in [0, 0.1) is 0 Å². The molecule has 0 aliphatic carbocycles. The van der Waals surface area contributed by atoms with Crippen molar-refractivity contribution in [1.29, 1.82) is 0 Å². The van der Waals surface area contributed by atoms with E-state index in [2.05, 4.69) is 10.1 Å². The molecule has 15 heteroatoms. The van der Waals surface area contributed by atoms with Crippen molar-refractivity contribution in [3.63, 3.8) is 0 Å². The predicted molar refractivity (Wildman–Crippen MR) is 148 cm³/mol. The Kier molecular flexibility index (Phi) is 10.7. The molecule has 13 nitrogen and oxygen atoms in total. The summed E-state index contributed by atoms with van der Waals surface area (Å²) in [5, 5.41) is 2.79. The Hall–Kier alpha value is -2.87. The number of aromatic nitrogens is 2. The Morgan fingerprint density at radius 1 is 1.21 bits per heavy atom. The number of carbonyl (C=O) groups excluding carboxylic acids is 1. The van der Waals surface area contributed by atoms with E-state index in [9.17, 15) is 18.9 Å². The van der Waals surface area contributed by atoms with E-state index in [0.717, 1.165) is 36.6 Å². The molecule has 2 aliphatic heterocycles. The largest absolute Gasteiger partial charge is 0.459 e. The van der Waals surface area contributed by atoms with Crippen molar-refractivity contribution < 1.29 is 41.7 Å². The van der Waals surface area contributed by atoms with Gasteiger partial charge in [0.25, 0.3) is 5.56 Å². The number of nitrogens with zero attached hydrogens (tertiary/aromatic N) is 1. The topological polar surface area (TPSA) is 156 Å². The van der Waals surface area contributed by atoms with E-state index >= 15 is 4.39 Å². The van der Waals surface area contributed by atoms with Crippen LogP contribution in [0.15, 0.2) is 52.2 Å². The van der Waals surface area contributed by atoms with Crippen LogP contribution in [0.2, 0.25) is 0 Å². The Bertz CT molecular complexity index is 1350. The lowest BCUT2D eigenvalue weighted by molar-refractivity contribution is -0.158. The Morgan fingerprint density at radius 3 is 2.60 bits per heavy atom. The zero-order valence-corrected chi connectivity index (χ0v) is 24.6. The van der Waals surface area contributed by atoms with Crippen LogP contribution in [-0.2, 0) is 32.8 Å². The van der Waals surface area contributed by atoms with E-state index in [1.54, 1.807) is 37.3 Å². The summed E-state index contributed by atoms with van der Waals surface area (Å²) in [5.41, 5.74) is -4.05. The molecule has 1 aromatic carbocycles. The second kappa shape index (κ2) is 14.1. The minimum Gasteiger partial charge on any atom is -0.456 e. The molecule has 0 saturated carbocycles. The van der Waals surface area contributed by atoms with Crippen molar-refractivity contribution in [1.82, 2.24) is 14.6 Å². The first-order chi connectivity index (χ1) is 20.0.